The molecule has 0 fully saturated rings. The smallest absolute Gasteiger partial charge is 0.377 e. The highest BCUT2D eigenvalue weighted by molar-refractivity contribution is 6.36. The van der Waals surface area contributed by atoms with Crippen LogP contribution in [0.3, 0.4) is 0 Å². The third-order valence-corrected chi connectivity index (χ3v) is 4.97. The Bertz CT molecular complexity index is 1200. The molecule has 0 bridgehead atoms. The first-order chi connectivity index (χ1) is 13.5. The van der Waals surface area contributed by atoms with Gasteiger partial charge < -0.3 is 4.74 Å². The summed E-state index contributed by atoms with van der Waals surface area (Å²) in [6.07, 6.45) is 1.49. The van der Waals surface area contributed by atoms with Crippen LogP contribution in [0.5, 0.6) is 0 Å². The highest BCUT2D eigenvalue weighted by Crippen LogP contribution is 2.35. The number of methoxy groups -OCH3 is 1. The zero-order chi connectivity index (χ0) is 19.8. The Morgan fingerprint density at radius 1 is 1.14 bits per heavy atom. The number of esters is 1. The van der Waals surface area contributed by atoms with Crippen molar-refractivity contribution in [2.45, 2.75) is 6.54 Å². The number of aromatic nitrogens is 5. The van der Waals surface area contributed by atoms with Crippen molar-refractivity contribution in [3.05, 3.63) is 64.3 Å². The molecular formula is C19H15Cl2N5O2. The van der Waals surface area contributed by atoms with Crippen LogP contribution in [0.4, 0.5) is 0 Å². The van der Waals surface area contributed by atoms with Gasteiger partial charge in [0.2, 0.25) is 0 Å². The average Bonchev–Trinajstić information content (AvgIpc) is 3.27. The highest BCUT2D eigenvalue weighted by Gasteiger charge is 2.17. The van der Waals surface area contributed by atoms with Crippen molar-refractivity contribution < 1.29 is 9.53 Å². The third-order valence-electron chi connectivity index (χ3n) is 4.43. The molecule has 2 aromatic heterocycles. The molecule has 0 spiro atoms. The third kappa shape index (κ3) is 3.23. The largest absolute Gasteiger partial charge is 0.463 e. The Hall–Kier alpha value is -2.90. The standard InChI is InChI=1S/C19H15Cl2N5O2/c1-25-16(9-26-10-22-18(24-26)19(27)28-2)14-5-3-4-13(17(14)23-25)12-7-6-11(20)8-15(12)21/h3-8,10H,9H2,1-2H3. The number of fused-ring (bicyclic) bond motifs is 1. The van der Waals surface area contributed by atoms with Crippen LogP contribution < -0.4 is 0 Å². The lowest BCUT2D eigenvalue weighted by atomic mass is 10.0. The molecule has 0 N–H and O–H groups in total. The lowest BCUT2D eigenvalue weighted by Gasteiger charge is -2.06. The van der Waals surface area contributed by atoms with Crippen LogP contribution in [0.1, 0.15) is 16.3 Å². The van der Waals surface area contributed by atoms with Crippen LogP contribution in [0.25, 0.3) is 22.0 Å². The van der Waals surface area contributed by atoms with Gasteiger partial charge in [-0.3, -0.25) is 4.68 Å². The Morgan fingerprint density at radius 3 is 2.71 bits per heavy atom. The number of rotatable bonds is 4. The van der Waals surface area contributed by atoms with Crippen LogP contribution >= 0.6 is 23.2 Å². The number of benzene rings is 2. The summed E-state index contributed by atoms with van der Waals surface area (Å²) in [6, 6.07) is 11.3. The van der Waals surface area contributed by atoms with Gasteiger partial charge in [0.15, 0.2) is 0 Å². The van der Waals surface area contributed by atoms with E-state index in [0.29, 0.717) is 16.6 Å². The molecule has 0 amide bonds. The second kappa shape index (κ2) is 7.26. The van der Waals surface area contributed by atoms with E-state index in [9.17, 15) is 4.79 Å². The van der Waals surface area contributed by atoms with Crippen molar-refractivity contribution in [1.29, 1.82) is 0 Å². The van der Waals surface area contributed by atoms with Crippen LogP contribution in [-0.2, 0) is 18.3 Å². The molecule has 4 aromatic rings. The number of aryl methyl sites for hydroxylation is 1. The average molecular weight is 416 g/mol. The van der Waals surface area contributed by atoms with Gasteiger partial charge in [0, 0.05) is 33.6 Å². The van der Waals surface area contributed by atoms with Crippen LogP contribution in [0.15, 0.2) is 42.7 Å². The maximum atomic E-state index is 11.6. The number of hydrogen-bond donors (Lipinski definition) is 0. The second-order valence-corrected chi connectivity index (χ2v) is 7.00. The minimum atomic E-state index is -0.576. The zero-order valence-electron chi connectivity index (χ0n) is 15.1. The Labute approximate surface area is 170 Å². The second-order valence-electron chi connectivity index (χ2n) is 6.15. The van der Waals surface area contributed by atoms with E-state index < -0.39 is 5.97 Å². The topological polar surface area (TPSA) is 74.8 Å². The normalized spacial score (nSPS) is 11.1. The minimum absolute atomic E-state index is 0.0163. The molecule has 9 heteroatoms. The molecule has 2 aromatic carbocycles. The summed E-state index contributed by atoms with van der Waals surface area (Å²) in [6.45, 7) is 0.398. The SMILES string of the molecule is COC(=O)c1ncn(Cc2c3cccc(-c4ccc(Cl)cc4Cl)c3nn2C)n1. The summed E-state index contributed by atoms with van der Waals surface area (Å²) < 4.78 is 8.01. The highest BCUT2D eigenvalue weighted by atomic mass is 35.5. The van der Waals surface area contributed by atoms with Gasteiger partial charge in [0.25, 0.3) is 5.82 Å². The molecule has 0 atom stereocenters. The first kappa shape index (κ1) is 18.5. The van der Waals surface area contributed by atoms with Crippen LogP contribution in [0.2, 0.25) is 10.0 Å². The molecule has 2 heterocycles. The quantitative estimate of drug-likeness (QED) is 0.471. The van der Waals surface area contributed by atoms with Crippen LogP contribution in [-0.4, -0.2) is 37.6 Å². The lowest BCUT2D eigenvalue weighted by molar-refractivity contribution is 0.0586. The summed E-state index contributed by atoms with van der Waals surface area (Å²) >= 11 is 12.4. The molecule has 142 valence electrons. The molecule has 0 aliphatic carbocycles. The first-order valence-corrected chi connectivity index (χ1v) is 9.11. The molecular weight excluding hydrogens is 401 g/mol. The number of nitrogens with zero attached hydrogens (tertiary/aromatic N) is 5. The van der Waals surface area contributed by atoms with E-state index in [1.165, 1.54) is 13.4 Å². The molecule has 0 aliphatic rings. The van der Waals surface area contributed by atoms with Gasteiger partial charge in [-0.25, -0.2) is 14.5 Å². The van der Waals surface area contributed by atoms with Crippen molar-refractivity contribution in [2.24, 2.45) is 7.05 Å². The van der Waals surface area contributed by atoms with E-state index in [1.54, 1.807) is 21.5 Å². The molecule has 0 unspecified atom stereocenters. The van der Waals surface area contributed by atoms with Crippen LogP contribution in [0, 0.1) is 0 Å². The summed E-state index contributed by atoms with van der Waals surface area (Å²) in [4.78, 5) is 15.5. The van der Waals surface area contributed by atoms with Crippen molar-refractivity contribution in [2.75, 3.05) is 7.11 Å². The van der Waals surface area contributed by atoms with E-state index in [1.807, 2.05) is 31.3 Å². The summed E-state index contributed by atoms with van der Waals surface area (Å²) in [7, 11) is 3.15. The van der Waals surface area contributed by atoms with Crippen molar-refractivity contribution in [1.82, 2.24) is 24.5 Å². The van der Waals surface area contributed by atoms with E-state index in [-0.39, 0.29) is 5.82 Å². The first-order valence-electron chi connectivity index (χ1n) is 8.35. The van der Waals surface area contributed by atoms with Gasteiger partial charge >= 0.3 is 5.97 Å². The van der Waals surface area contributed by atoms with Crippen molar-refractivity contribution in [3.63, 3.8) is 0 Å². The summed E-state index contributed by atoms with van der Waals surface area (Å²) in [5.74, 6) is -0.559. The van der Waals surface area contributed by atoms with Crippen molar-refractivity contribution >= 4 is 40.1 Å². The van der Waals surface area contributed by atoms with E-state index in [2.05, 4.69) is 19.9 Å². The maximum Gasteiger partial charge on any atom is 0.377 e. The predicted octanol–water partition coefficient (Wildman–Crippen LogP) is 3.97. The fraction of sp³-hybridized carbons (Fsp3) is 0.158. The monoisotopic (exact) mass is 415 g/mol. The minimum Gasteiger partial charge on any atom is -0.463 e. The van der Waals surface area contributed by atoms with Gasteiger partial charge in [-0.2, -0.15) is 5.10 Å². The molecule has 4 rings (SSSR count). The molecule has 0 radical (unpaired) electrons. The van der Waals surface area contributed by atoms with Gasteiger partial charge in [-0.05, 0) is 12.1 Å². The Morgan fingerprint density at radius 2 is 1.96 bits per heavy atom. The Kier molecular flexibility index (Phi) is 4.78. The summed E-state index contributed by atoms with van der Waals surface area (Å²) in [5.41, 5.74) is 3.51. The summed E-state index contributed by atoms with van der Waals surface area (Å²) in [5, 5.41) is 10.9. The van der Waals surface area contributed by atoms with E-state index >= 15 is 0 Å². The number of carbonyl (C=O) groups excluding carboxylic acids is 1. The molecule has 0 saturated heterocycles. The van der Waals surface area contributed by atoms with Crippen molar-refractivity contribution in [3.8, 4) is 11.1 Å². The number of hydrogen-bond acceptors (Lipinski definition) is 5. The van der Waals surface area contributed by atoms with Gasteiger partial charge in [0.1, 0.15) is 11.8 Å². The number of halogens is 2. The maximum absolute atomic E-state index is 11.6. The number of carbonyl (C=O) groups is 1. The fourth-order valence-electron chi connectivity index (χ4n) is 3.09. The fourth-order valence-corrected chi connectivity index (χ4v) is 3.60. The Balaban J connectivity index is 1.78. The zero-order valence-corrected chi connectivity index (χ0v) is 16.6. The lowest BCUT2D eigenvalue weighted by Crippen LogP contribution is -2.09. The van der Waals surface area contributed by atoms with E-state index in [4.69, 9.17) is 23.2 Å². The van der Waals surface area contributed by atoms with Gasteiger partial charge in [0.05, 0.1) is 19.3 Å². The number of ether oxygens (including phenoxy) is 1. The van der Waals surface area contributed by atoms with E-state index in [0.717, 1.165) is 27.7 Å². The molecule has 28 heavy (non-hydrogen) atoms. The molecule has 0 saturated carbocycles. The molecule has 0 aliphatic heterocycles. The van der Waals surface area contributed by atoms with Gasteiger partial charge in [-0.15, -0.1) is 5.10 Å². The predicted molar refractivity (Wildman–Crippen MR) is 107 cm³/mol. The van der Waals surface area contributed by atoms with Gasteiger partial charge in [-0.1, -0.05) is 47.5 Å². The molecule has 7 nitrogen and oxygen atoms in total.